The number of hydrogen-bond donors (Lipinski definition) is 3. The number of ether oxygens (including phenoxy) is 1. The Hall–Kier alpha value is -2.83. The molecule has 2 aromatic rings. The maximum atomic E-state index is 5.80. The third-order valence-electron chi connectivity index (χ3n) is 5.43. The molecule has 0 saturated carbocycles. The van der Waals surface area contributed by atoms with Crippen LogP contribution in [0, 0.1) is 6.92 Å². The van der Waals surface area contributed by atoms with Gasteiger partial charge in [-0.25, -0.2) is 4.99 Å². The molecule has 1 saturated heterocycles. The number of likely N-dealkylation sites (N-methyl/N-ethyl adjacent to an activating group) is 1. The number of hydrogen-bond acceptors (Lipinski definition) is 6. The van der Waals surface area contributed by atoms with E-state index in [0.29, 0.717) is 13.2 Å². The van der Waals surface area contributed by atoms with Crippen molar-refractivity contribution in [2.45, 2.75) is 25.6 Å². The Balaban J connectivity index is 1.61. The minimum Gasteiger partial charge on any atom is -0.377 e. The summed E-state index contributed by atoms with van der Waals surface area (Å²) in [5.41, 5.74) is 3.00. The van der Waals surface area contributed by atoms with E-state index in [-0.39, 0.29) is 6.04 Å². The largest absolute Gasteiger partial charge is 0.377 e. The molecule has 3 N–H and O–H groups in total. The average molecular weight is 392 g/mol. The van der Waals surface area contributed by atoms with Crippen LogP contribution >= 0.6 is 0 Å². The lowest BCUT2D eigenvalue weighted by molar-refractivity contribution is 0.0238. The van der Waals surface area contributed by atoms with Crippen LogP contribution in [0.2, 0.25) is 0 Å². The number of aliphatic imine (C=N–C) groups is 1. The van der Waals surface area contributed by atoms with Gasteiger partial charge in [0.25, 0.3) is 0 Å². The van der Waals surface area contributed by atoms with E-state index in [1.807, 2.05) is 13.1 Å². The van der Waals surface area contributed by atoms with Gasteiger partial charge in [0.15, 0.2) is 0 Å². The second-order valence-corrected chi connectivity index (χ2v) is 7.70. The van der Waals surface area contributed by atoms with E-state index >= 15 is 0 Å². The van der Waals surface area contributed by atoms with E-state index in [4.69, 9.17) is 9.73 Å². The quantitative estimate of drug-likeness (QED) is 0.747. The Kier molecular flexibility index (Phi) is 5.56. The molecule has 152 valence electrons. The van der Waals surface area contributed by atoms with E-state index in [9.17, 15) is 0 Å². The zero-order valence-electron chi connectivity index (χ0n) is 17.3. The van der Waals surface area contributed by atoms with E-state index in [0.717, 1.165) is 24.0 Å². The van der Waals surface area contributed by atoms with Gasteiger partial charge in [-0.05, 0) is 44.7 Å². The molecule has 6 nitrogen and oxygen atoms in total. The van der Waals surface area contributed by atoms with E-state index < -0.39 is 5.66 Å². The van der Waals surface area contributed by atoms with Crippen molar-refractivity contribution >= 4 is 11.6 Å². The molecule has 2 unspecified atom stereocenters. The van der Waals surface area contributed by atoms with Crippen molar-refractivity contribution in [3.8, 4) is 0 Å². The summed E-state index contributed by atoms with van der Waals surface area (Å²) in [6, 6.07) is 19.0. The Morgan fingerprint density at radius 2 is 1.90 bits per heavy atom. The van der Waals surface area contributed by atoms with Crippen LogP contribution < -0.4 is 16.0 Å². The first-order chi connectivity index (χ1) is 14.1. The monoisotopic (exact) mass is 391 g/mol. The number of rotatable bonds is 4. The Morgan fingerprint density at radius 1 is 1.14 bits per heavy atom. The van der Waals surface area contributed by atoms with Crippen molar-refractivity contribution in [3.63, 3.8) is 0 Å². The van der Waals surface area contributed by atoms with Gasteiger partial charge in [0.05, 0.1) is 19.3 Å². The number of nitrogens with zero attached hydrogens (tertiary/aromatic N) is 2. The molecule has 0 spiro atoms. The highest BCUT2D eigenvalue weighted by Gasteiger charge is 2.33. The molecule has 0 aliphatic carbocycles. The fraction of sp³-hybridized carbons (Fsp3) is 0.348. The van der Waals surface area contributed by atoms with Crippen LogP contribution in [0.1, 0.15) is 24.1 Å². The molecule has 2 aliphatic rings. The molecular weight excluding hydrogens is 362 g/mol. The molecule has 4 rings (SSSR count). The van der Waals surface area contributed by atoms with Crippen LogP contribution in [0.3, 0.4) is 0 Å². The molecular formula is C23H29N5O. The third kappa shape index (κ3) is 4.44. The topological polar surface area (TPSA) is 60.9 Å². The van der Waals surface area contributed by atoms with Crippen molar-refractivity contribution in [2.24, 2.45) is 4.99 Å². The molecule has 2 heterocycles. The number of benzene rings is 2. The lowest BCUT2D eigenvalue weighted by Crippen LogP contribution is -2.54. The Bertz CT molecular complexity index is 893. The standard InChI is InChI=1S/C23H29N5O/c1-17-9-11-19(12-10-17)25-21-15-23(2,24-3)27-22(26-21)28-13-14-29-16-20(28)18-7-5-4-6-8-18/h4-12,15,20,24-25H,13-14,16H2,1-3H3,(H,26,27). The van der Waals surface area contributed by atoms with Gasteiger partial charge in [-0.15, -0.1) is 0 Å². The van der Waals surface area contributed by atoms with Crippen molar-refractivity contribution < 1.29 is 4.74 Å². The predicted octanol–water partition coefficient (Wildman–Crippen LogP) is 3.22. The molecule has 0 radical (unpaired) electrons. The van der Waals surface area contributed by atoms with E-state index in [1.165, 1.54) is 11.1 Å². The second-order valence-electron chi connectivity index (χ2n) is 7.70. The number of anilines is 1. The summed E-state index contributed by atoms with van der Waals surface area (Å²) in [4.78, 5) is 7.29. The normalized spacial score (nSPS) is 24.4. The van der Waals surface area contributed by atoms with Crippen molar-refractivity contribution in [1.29, 1.82) is 0 Å². The fourth-order valence-corrected chi connectivity index (χ4v) is 3.65. The van der Waals surface area contributed by atoms with Crippen LogP contribution in [0.5, 0.6) is 0 Å². The van der Waals surface area contributed by atoms with Gasteiger partial charge < -0.3 is 20.3 Å². The van der Waals surface area contributed by atoms with Gasteiger partial charge in [0.1, 0.15) is 11.5 Å². The van der Waals surface area contributed by atoms with E-state index in [1.54, 1.807) is 0 Å². The zero-order valence-corrected chi connectivity index (χ0v) is 17.3. The maximum absolute atomic E-state index is 5.80. The lowest BCUT2D eigenvalue weighted by Gasteiger charge is -2.41. The van der Waals surface area contributed by atoms with E-state index in [2.05, 4.69) is 89.3 Å². The number of guanidine groups is 1. The first kappa shape index (κ1) is 19.5. The second kappa shape index (κ2) is 8.27. The summed E-state index contributed by atoms with van der Waals surface area (Å²) in [5.74, 6) is 1.75. The lowest BCUT2D eigenvalue weighted by atomic mass is 10.0. The average Bonchev–Trinajstić information content (AvgIpc) is 2.76. The van der Waals surface area contributed by atoms with Crippen molar-refractivity contribution in [1.82, 2.24) is 15.5 Å². The van der Waals surface area contributed by atoms with Crippen molar-refractivity contribution in [3.05, 3.63) is 77.6 Å². The molecule has 6 heteroatoms. The summed E-state index contributed by atoms with van der Waals surface area (Å²) in [7, 11) is 1.93. The van der Waals surface area contributed by atoms with Crippen LogP contribution in [0.4, 0.5) is 5.69 Å². The molecule has 2 atom stereocenters. The van der Waals surface area contributed by atoms with Gasteiger partial charge >= 0.3 is 0 Å². The SMILES string of the molecule is CNC1(C)C=C(Nc2ccc(C)cc2)NC(N2CCOCC2c2ccccc2)=N1. The van der Waals surface area contributed by atoms with Crippen molar-refractivity contribution in [2.75, 3.05) is 32.1 Å². The predicted molar refractivity (Wildman–Crippen MR) is 118 cm³/mol. The summed E-state index contributed by atoms with van der Waals surface area (Å²) in [6.07, 6.45) is 2.08. The number of nitrogens with one attached hydrogen (secondary N) is 3. The van der Waals surface area contributed by atoms with Gasteiger partial charge in [0.2, 0.25) is 5.96 Å². The highest BCUT2D eigenvalue weighted by atomic mass is 16.5. The Morgan fingerprint density at radius 3 is 2.62 bits per heavy atom. The summed E-state index contributed by atoms with van der Waals surface area (Å²) in [5, 5.41) is 10.3. The smallest absolute Gasteiger partial charge is 0.202 e. The maximum Gasteiger partial charge on any atom is 0.202 e. The first-order valence-corrected chi connectivity index (χ1v) is 10.1. The van der Waals surface area contributed by atoms with Gasteiger partial charge in [-0.3, -0.25) is 5.32 Å². The van der Waals surface area contributed by atoms with Crippen LogP contribution in [0.15, 0.2) is 71.5 Å². The van der Waals surface area contributed by atoms with Crippen LogP contribution in [-0.2, 0) is 4.74 Å². The highest BCUT2D eigenvalue weighted by Crippen LogP contribution is 2.27. The highest BCUT2D eigenvalue weighted by molar-refractivity contribution is 5.84. The zero-order chi connectivity index (χ0) is 20.3. The molecule has 0 amide bonds. The fourth-order valence-electron chi connectivity index (χ4n) is 3.65. The molecule has 2 aliphatic heterocycles. The summed E-state index contributed by atoms with van der Waals surface area (Å²) in [6.45, 7) is 6.27. The van der Waals surface area contributed by atoms with Gasteiger partial charge in [-0.2, -0.15) is 0 Å². The number of morpholine rings is 1. The summed E-state index contributed by atoms with van der Waals surface area (Å²) >= 11 is 0. The minimum absolute atomic E-state index is 0.121. The molecule has 0 bridgehead atoms. The summed E-state index contributed by atoms with van der Waals surface area (Å²) < 4.78 is 5.80. The molecule has 1 fully saturated rings. The molecule has 2 aromatic carbocycles. The third-order valence-corrected chi connectivity index (χ3v) is 5.43. The molecule has 29 heavy (non-hydrogen) atoms. The first-order valence-electron chi connectivity index (χ1n) is 10.1. The van der Waals surface area contributed by atoms with Crippen LogP contribution in [-0.4, -0.2) is 43.3 Å². The Labute approximate surface area is 172 Å². The van der Waals surface area contributed by atoms with Gasteiger partial charge in [0, 0.05) is 12.2 Å². The minimum atomic E-state index is -0.507. The molecule has 0 aromatic heterocycles. The van der Waals surface area contributed by atoms with Crippen LogP contribution in [0.25, 0.3) is 0 Å². The van der Waals surface area contributed by atoms with Gasteiger partial charge in [-0.1, -0.05) is 48.0 Å². The number of aryl methyl sites for hydroxylation is 1.